The van der Waals surface area contributed by atoms with Gasteiger partial charge >= 0.3 is 0 Å². The summed E-state index contributed by atoms with van der Waals surface area (Å²) in [7, 11) is 0. The lowest BCUT2D eigenvalue weighted by Crippen LogP contribution is -2.26. The van der Waals surface area contributed by atoms with Crippen LogP contribution in [0.2, 0.25) is 5.02 Å². The highest BCUT2D eigenvalue weighted by molar-refractivity contribution is 7.98. The van der Waals surface area contributed by atoms with Crippen LogP contribution < -0.4 is 11.1 Å². The summed E-state index contributed by atoms with van der Waals surface area (Å²) in [5.41, 5.74) is 8.24. The number of thioether (sulfide) groups is 1. The second kappa shape index (κ2) is 9.94. The van der Waals surface area contributed by atoms with E-state index in [2.05, 4.69) is 5.32 Å². The predicted molar refractivity (Wildman–Crippen MR) is 128 cm³/mol. The number of hydrogen-bond donors (Lipinski definition) is 2. The first-order chi connectivity index (χ1) is 15.5. The highest BCUT2D eigenvalue weighted by Gasteiger charge is 2.20. The van der Waals surface area contributed by atoms with Gasteiger partial charge in [0.1, 0.15) is 5.58 Å². The smallest absolute Gasteiger partial charge is 0.287 e. The molecule has 3 aromatic carbocycles. The van der Waals surface area contributed by atoms with E-state index in [0.29, 0.717) is 40.6 Å². The van der Waals surface area contributed by atoms with Crippen LogP contribution in [0.3, 0.4) is 0 Å². The van der Waals surface area contributed by atoms with Crippen molar-refractivity contribution in [3.8, 4) is 0 Å². The molecule has 1 heterocycles. The van der Waals surface area contributed by atoms with Crippen LogP contribution in [0.25, 0.3) is 11.0 Å². The third-order valence-corrected chi connectivity index (χ3v) is 6.30. The third kappa shape index (κ3) is 5.15. The molecule has 162 valence electrons. The summed E-state index contributed by atoms with van der Waals surface area (Å²) in [6.45, 7) is 0.405. The maximum absolute atomic E-state index is 13.0. The quantitative estimate of drug-likeness (QED) is 0.339. The number of fused-ring (bicyclic) bond motifs is 1. The average Bonchev–Trinajstić information content (AvgIpc) is 3.17. The molecule has 1 aromatic heterocycles. The normalized spacial score (nSPS) is 10.9. The molecule has 0 radical (unpaired) electrons. The van der Waals surface area contributed by atoms with E-state index in [0.717, 1.165) is 21.4 Å². The molecule has 0 atom stereocenters. The SMILES string of the molecule is NC(=O)c1cccc(CCNC(=O)c2oc3ccccc3c2CSc2ccc(Cl)cc2)c1. The number of furan rings is 1. The fourth-order valence-corrected chi connectivity index (χ4v) is 4.44. The van der Waals surface area contributed by atoms with Gasteiger partial charge in [-0.25, -0.2) is 0 Å². The number of para-hydroxylation sites is 1. The summed E-state index contributed by atoms with van der Waals surface area (Å²) >= 11 is 7.59. The molecule has 5 nitrogen and oxygen atoms in total. The first kappa shape index (κ1) is 22.0. The Morgan fingerprint density at radius 1 is 1.00 bits per heavy atom. The Balaban J connectivity index is 1.48. The molecule has 0 aliphatic carbocycles. The van der Waals surface area contributed by atoms with E-state index in [1.807, 2.05) is 54.6 Å². The van der Waals surface area contributed by atoms with E-state index in [-0.39, 0.29) is 5.91 Å². The van der Waals surface area contributed by atoms with Gasteiger partial charge in [-0.15, -0.1) is 11.8 Å². The van der Waals surface area contributed by atoms with Gasteiger partial charge in [0.2, 0.25) is 5.91 Å². The van der Waals surface area contributed by atoms with E-state index in [9.17, 15) is 9.59 Å². The predicted octanol–water partition coefficient (Wildman–Crippen LogP) is 5.45. The van der Waals surface area contributed by atoms with E-state index < -0.39 is 5.91 Å². The van der Waals surface area contributed by atoms with Crippen LogP contribution in [0.1, 0.15) is 32.0 Å². The number of benzene rings is 3. The summed E-state index contributed by atoms with van der Waals surface area (Å²) in [5, 5.41) is 4.54. The Hall–Kier alpha value is -3.22. The summed E-state index contributed by atoms with van der Waals surface area (Å²) in [4.78, 5) is 25.4. The zero-order valence-electron chi connectivity index (χ0n) is 17.1. The van der Waals surface area contributed by atoms with Crippen molar-refractivity contribution >= 4 is 46.1 Å². The molecule has 3 N–H and O–H groups in total. The van der Waals surface area contributed by atoms with Crippen LogP contribution in [0.15, 0.2) is 82.1 Å². The van der Waals surface area contributed by atoms with Gasteiger partial charge in [0.05, 0.1) is 0 Å². The Morgan fingerprint density at radius 2 is 1.78 bits per heavy atom. The monoisotopic (exact) mass is 464 g/mol. The summed E-state index contributed by atoms with van der Waals surface area (Å²) in [5.74, 6) is 0.167. The second-order valence-electron chi connectivity index (χ2n) is 7.22. The highest BCUT2D eigenvalue weighted by Crippen LogP contribution is 2.32. The lowest BCUT2D eigenvalue weighted by atomic mass is 10.1. The van der Waals surface area contributed by atoms with Crippen molar-refractivity contribution in [3.05, 3.63) is 100 Å². The van der Waals surface area contributed by atoms with Gasteiger partial charge in [0, 0.05) is 38.7 Å². The molecule has 0 unspecified atom stereocenters. The number of primary amides is 1. The first-order valence-corrected chi connectivity index (χ1v) is 11.4. The van der Waals surface area contributed by atoms with E-state index >= 15 is 0 Å². The van der Waals surface area contributed by atoms with Crippen LogP contribution in [0, 0.1) is 0 Å². The molecule has 0 saturated carbocycles. The average molecular weight is 465 g/mol. The molecule has 0 spiro atoms. The van der Waals surface area contributed by atoms with Gasteiger partial charge in [0.15, 0.2) is 5.76 Å². The van der Waals surface area contributed by atoms with Crippen molar-refractivity contribution in [2.45, 2.75) is 17.1 Å². The Bertz CT molecular complexity index is 1270. The van der Waals surface area contributed by atoms with Crippen LogP contribution in [0.4, 0.5) is 0 Å². The number of rotatable bonds is 8. The minimum atomic E-state index is -0.471. The maximum Gasteiger partial charge on any atom is 0.287 e. The van der Waals surface area contributed by atoms with Crippen LogP contribution in [0.5, 0.6) is 0 Å². The zero-order chi connectivity index (χ0) is 22.5. The minimum absolute atomic E-state index is 0.265. The van der Waals surface area contributed by atoms with E-state index in [1.54, 1.807) is 30.0 Å². The van der Waals surface area contributed by atoms with E-state index in [1.165, 1.54) is 0 Å². The largest absolute Gasteiger partial charge is 0.451 e. The number of carbonyl (C=O) groups is 2. The van der Waals surface area contributed by atoms with Crippen molar-refractivity contribution < 1.29 is 14.0 Å². The second-order valence-corrected chi connectivity index (χ2v) is 8.70. The first-order valence-electron chi connectivity index (χ1n) is 10.1. The molecule has 0 aliphatic heterocycles. The fourth-order valence-electron chi connectivity index (χ4n) is 3.39. The Kier molecular flexibility index (Phi) is 6.83. The van der Waals surface area contributed by atoms with Crippen molar-refractivity contribution in [1.82, 2.24) is 5.32 Å². The van der Waals surface area contributed by atoms with E-state index in [4.69, 9.17) is 21.8 Å². The number of hydrogen-bond acceptors (Lipinski definition) is 4. The molecule has 7 heteroatoms. The van der Waals surface area contributed by atoms with Gasteiger partial charge in [-0.05, 0) is 54.4 Å². The van der Waals surface area contributed by atoms with Gasteiger partial charge in [0.25, 0.3) is 5.91 Å². The third-order valence-electron chi connectivity index (χ3n) is 5.01. The summed E-state index contributed by atoms with van der Waals surface area (Å²) in [6.07, 6.45) is 0.571. The molecule has 0 aliphatic rings. The minimum Gasteiger partial charge on any atom is -0.451 e. The van der Waals surface area contributed by atoms with Crippen molar-refractivity contribution in [1.29, 1.82) is 0 Å². The number of nitrogens with one attached hydrogen (secondary N) is 1. The number of halogens is 1. The van der Waals surface area contributed by atoms with Gasteiger partial charge < -0.3 is 15.5 Å². The molecule has 4 rings (SSSR count). The Morgan fingerprint density at radius 3 is 2.56 bits per heavy atom. The number of carbonyl (C=O) groups excluding carboxylic acids is 2. The van der Waals surface area contributed by atoms with Crippen molar-refractivity contribution in [2.24, 2.45) is 5.73 Å². The molecule has 0 saturated heterocycles. The summed E-state index contributed by atoms with van der Waals surface area (Å²) in [6, 6.07) is 22.3. The molecular formula is C25H21ClN2O3S. The number of amides is 2. The van der Waals surface area contributed by atoms with Crippen LogP contribution >= 0.6 is 23.4 Å². The molecule has 0 bridgehead atoms. The molecule has 0 fully saturated rings. The van der Waals surface area contributed by atoms with Gasteiger partial charge in [-0.3, -0.25) is 9.59 Å². The standard InChI is InChI=1S/C25H21ClN2O3S/c26-18-8-10-19(11-9-18)32-15-21-20-6-1-2-7-22(20)31-23(21)25(30)28-13-12-16-4-3-5-17(14-16)24(27)29/h1-11,14H,12-13,15H2,(H2,27,29)(H,28,30). The maximum atomic E-state index is 13.0. The molecule has 2 amide bonds. The molecule has 32 heavy (non-hydrogen) atoms. The lowest BCUT2D eigenvalue weighted by molar-refractivity contribution is 0.0926. The summed E-state index contributed by atoms with van der Waals surface area (Å²) < 4.78 is 5.91. The van der Waals surface area contributed by atoms with Crippen molar-refractivity contribution in [2.75, 3.05) is 6.54 Å². The van der Waals surface area contributed by atoms with Gasteiger partial charge in [-0.2, -0.15) is 0 Å². The van der Waals surface area contributed by atoms with Crippen molar-refractivity contribution in [3.63, 3.8) is 0 Å². The fraction of sp³-hybridized carbons (Fsp3) is 0.120. The Labute approximate surface area is 194 Å². The molecular weight excluding hydrogens is 444 g/mol. The highest BCUT2D eigenvalue weighted by atomic mass is 35.5. The zero-order valence-corrected chi connectivity index (χ0v) is 18.7. The van der Waals surface area contributed by atoms with Crippen LogP contribution in [-0.4, -0.2) is 18.4 Å². The van der Waals surface area contributed by atoms with Gasteiger partial charge in [-0.1, -0.05) is 41.9 Å². The number of nitrogens with two attached hydrogens (primary N) is 1. The molecule has 4 aromatic rings. The topological polar surface area (TPSA) is 85.3 Å². The lowest BCUT2D eigenvalue weighted by Gasteiger charge is -2.07. The van der Waals surface area contributed by atoms with Crippen LogP contribution in [-0.2, 0) is 12.2 Å².